The minimum Gasteiger partial charge on any atom is -0.462 e. The van der Waals surface area contributed by atoms with Crippen LogP contribution < -0.4 is 5.73 Å². The fraction of sp³-hybridized carbons (Fsp3) is 0.929. The first-order chi connectivity index (χ1) is 8.11. The number of ether oxygens (including phenoxy) is 1. The van der Waals surface area contributed by atoms with Gasteiger partial charge >= 0.3 is 5.97 Å². The molecule has 0 aliphatic carbocycles. The molecule has 3 heteroatoms. The van der Waals surface area contributed by atoms with Crippen molar-refractivity contribution in [1.29, 1.82) is 0 Å². The average molecular weight is 243 g/mol. The Morgan fingerprint density at radius 1 is 1.12 bits per heavy atom. The summed E-state index contributed by atoms with van der Waals surface area (Å²) in [6.45, 7) is 6.74. The summed E-state index contributed by atoms with van der Waals surface area (Å²) in [7, 11) is 0. The van der Waals surface area contributed by atoms with Crippen LogP contribution in [0.25, 0.3) is 0 Å². The summed E-state index contributed by atoms with van der Waals surface area (Å²) in [4.78, 5) is 11.7. The summed E-state index contributed by atoms with van der Waals surface area (Å²) in [5.41, 5.74) is 5.42. The Morgan fingerprint density at radius 3 is 2.41 bits per heavy atom. The Morgan fingerprint density at radius 2 is 1.82 bits per heavy atom. The first-order valence-corrected chi connectivity index (χ1v) is 7.02. The van der Waals surface area contributed by atoms with Gasteiger partial charge in [-0.3, -0.25) is 4.79 Å². The summed E-state index contributed by atoms with van der Waals surface area (Å²) in [5.74, 6) is -0.0851. The Hall–Kier alpha value is -0.570. The first-order valence-electron chi connectivity index (χ1n) is 7.02. The third kappa shape index (κ3) is 9.16. The van der Waals surface area contributed by atoms with Crippen molar-refractivity contribution in [2.45, 2.75) is 71.8 Å². The normalized spacial score (nSPS) is 14.4. The maximum absolute atomic E-state index is 11.7. The second-order valence-electron chi connectivity index (χ2n) is 4.93. The minimum atomic E-state index is -0.0681. The van der Waals surface area contributed by atoms with Gasteiger partial charge in [0.05, 0.1) is 12.0 Å². The molecule has 0 heterocycles. The van der Waals surface area contributed by atoms with Crippen molar-refractivity contribution < 1.29 is 9.53 Å². The Balaban J connectivity index is 3.63. The van der Waals surface area contributed by atoms with E-state index in [1.54, 1.807) is 0 Å². The van der Waals surface area contributed by atoms with Crippen LogP contribution in [0.15, 0.2) is 0 Å². The van der Waals surface area contributed by atoms with Crippen LogP contribution in [0.1, 0.15) is 65.7 Å². The zero-order valence-electron chi connectivity index (χ0n) is 11.7. The molecule has 2 atom stereocenters. The molecule has 0 amide bonds. The highest BCUT2D eigenvalue weighted by Gasteiger charge is 2.16. The third-order valence-corrected chi connectivity index (χ3v) is 3.03. The fourth-order valence-corrected chi connectivity index (χ4v) is 1.77. The van der Waals surface area contributed by atoms with Gasteiger partial charge in [-0.1, -0.05) is 33.1 Å². The van der Waals surface area contributed by atoms with E-state index in [0.29, 0.717) is 6.54 Å². The van der Waals surface area contributed by atoms with Gasteiger partial charge < -0.3 is 10.5 Å². The first kappa shape index (κ1) is 16.4. The summed E-state index contributed by atoms with van der Waals surface area (Å²) in [5, 5.41) is 0. The zero-order valence-corrected chi connectivity index (χ0v) is 11.7. The molecule has 0 aliphatic heterocycles. The predicted molar refractivity (Wildman–Crippen MR) is 71.8 cm³/mol. The molecule has 3 nitrogen and oxygen atoms in total. The molecule has 0 saturated carbocycles. The van der Waals surface area contributed by atoms with Gasteiger partial charge in [0.25, 0.3) is 0 Å². The lowest BCUT2D eigenvalue weighted by Crippen LogP contribution is -2.21. The van der Waals surface area contributed by atoms with Gasteiger partial charge in [-0.2, -0.15) is 0 Å². The maximum Gasteiger partial charge on any atom is 0.308 e. The van der Waals surface area contributed by atoms with E-state index in [0.717, 1.165) is 25.7 Å². The highest BCUT2D eigenvalue weighted by molar-refractivity contribution is 5.72. The molecule has 0 rings (SSSR count). The molecule has 0 aromatic rings. The monoisotopic (exact) mass is 243 g/mol. The summed E-state index contributed by atoms with van der Waals surface area (Å²) in [6.07, 6.45) is 7.66. The van der Waals surface area contributed by atoms with Crippen molar-refractivity contribution in [3.8, 4) is 0 Å². The topological polar surface area (TPSA) is 52.3 Å². The lowest BCUT2D eigenvalue weighted by atomic mass is 10.1. The van der Waals surface area contributed by atoms with Crippen LogP contribution in [-0.4, -0.2) is 18.6 Å². The van der Waals surface area contributed by atoms with Gasteiger partial charge in [0.1, 0.15) is 0 Å². The van der Waals surface area contributed by atoms with E-state index in [-0.39, 0.29) is 18.0 Å². The van der Waals surface area contributed by atoms with E-state index in [1.807, 2.05) is 13.8 Å². The fourth-order valence-electron chi connectivity index (χ4n) is 1.77. The van der Waals surface area contributed by atoms with Crippen LogP contribution in [0.5, 0.6) is 0 Å². The van der Waals surface area contributed by atoms with Gasteiger partial charge in [-0.05, 0) is 39.2 Å². The Labute approximate surface area is 106 Å². The molecule has 2 unspecified atom stereocenters. The van der Waals surface area contributed by atoms with Crippen molar-refractivity contribution in [3.63, 3.8) is 0 Å². The lowest BCUT2D eigenvalue weighted by molar-refractivity contribution is -0.153. The van der Waals surface area contributed by atoms with E-state index in [2.05, 4.69) is 6.92 Å². The van der Waals surface area contributed by atoms with Crippen LogP contribution in [-0.2, 0) is 9.53 Å². The molecule has 0 aliphatic rings. The number of nitrogens with two attached hydrogens (primary N) is 1. The smallest absolute Gasteiger partial charge is 0.308 e. The molecule has 0 aromatic heterocycles. The van der Waals surface area contributed by atoms with Crippen molar-refractivity contribution in [1.82, 2.24) is 0 Å². The number of carbonyl (C=O) groups is 1. The summed E-state index contributed by atoms with van der Waals surface area (Å²) in [6, 6.07) is 0. The minimum absolute atomic E-state index is 0.0170. The summed E-state index contributed by atoms with van der Waals surface area (Å²) >= 11 is 0. The second-order valence-corrected chi connectivity index (χ2v) is 4.93. The van der Waals surface area contributed by atoms with Crippen LogP contribution in [0.2, 0.25) is 0 Å². The molecule has 17 heavy (non-hydrogen) atoms. The number of hydrogen-bond acceptors (Lipinski definition) is 3. The third-order valence-electron chi connectivity index (χ3n) is 3.03. The van der Waals surface area contributed by atoms with Gasteiger partial charge in [-0.15, -0.1) is 0 Å². The Kier molecular flexibility index (Phi) is 10.2. The molecule has 0 saturated heterocycles. The molecule has 0 bridgehead atoms. The van der Waals surface area contributed by atoms with E-state index in [1.165, 1.54) is 19.3 Å². The molecule has 0 radical (unpaired) electrons. The predicted octanol–water partition coefficient (Wildman–Crippen LogP) is 3.26. The second kappa shape index (κ2) is 10.6. The molecular formula is C14H29NO2. The van der Waals surface area contributed by atoms with Gasteiger partial charge in [0.15, 0.2) is 0 Å². The van der Waals surface area contributed by atoms with Crippen molar-refractivity contribution in [2.24, 2.45) is 11.7 Å². The molecule has 2 N–H and O–H groups in total. The quantitative estimate of drug-likeness (QED) is 0.473. The van der Waals surface area contributed by atoms with Crippen molar-refractivity contribution >= 4 is 5.97 Å². The van der Waals surface area contributed by atoms with Gasteiger partial charge in [-0.25, -0.2) is 0 Å². The number of carbonyl (C=O) groups excluding carboxylic acids is 1. The Bertz CT molecular complexity index is 195. The molecular weight excluding hydrogens is 214 g/mol. The van der Waals surface area contributed by atoms with Gasteiger partial charge in [0.2, 0.25) is 0 Å². The van der Waals surface area contributed by atoms with E-state index in [9.17, 15) is 4.79 Å². The average Bonchev–Trinajstić information content (AvgIpc) is 2.31. The number of esters is 1. The molecule has 102 valence electrons. The maximum atomic E-state index is 11.7. The zero-order chi connectivity index (χ0) is 13.1. The van der Waals surface area contributed by atoms with Crippen LogP contribution in [0.4, 0.5) is 0 Å². The number of unbranched alkanes of at least 4 members (excludes halogenated alkanes) is 3. The van der Waals surface area contributed by atoms with E-state index in [4.69, 9.17) is 10.5 Å². The number of hydrogen-bond donors (Lipinski definition) is 1. The lowest BCUT2D eigenvalue weighted by Gasteiger charge is -2.16. The number of rotatable bonds is 10. The van der Waals surface area contributed by atoms with Gasteiger partial charge in [0, 0.05) is 0 Å². The van der Waals surface area contributed by atoms with Crippen molar-refractivity contribution in [3.05, 3.63) is 0 Å². The molecule has 0 spiro atoms. The highest BCUT2D eigenvalue weighted by atomic mass is 16.5. The van der Waals surface area contributed by atoms with Crippen LogP contribution in [0, 0.1) is 5.92 Å². The standard InChI is InChI=1S/C14H29NO2/c1-4-5-6-7-10-13(3)17-14(16)12(2)9-8-11-15/h12-13H,4-11,15H2,1-3H3. The van der Waals surface area contributed by atoms with E-state index < -0.39 is 0 Å². The van der Waals surface area contributed by atoms with Crippen LogP contribution in [0.3, 0.4) is 0 Å². The van der Waals surface area contributed by atoms with Crippen molar-refractivity contribution in [2.75, 3.05) is 6.54 Å². The largest absolute Gasteiger partial charge is 0.462 e. The van der Waals surface area contributed by atoms with E-state index >= 15 is 0 Å². The highest BCUT2D eigenvalue weighted by Crippen LogP contribution is 2.12. The molecule has 0 fully saturated rings. The SMILES string of the molecule is CCCCCCC(C)OC(=O)C(C)CCCN. The van der Waals surface area contributed by atoms with Crippen LogP contribution >= 0.6 is 0 Å². The molecule has 0 aromatic carbocycles. The summed E-state index contributed by atoms with van der Waals surface area (Å²) < 4.78 is 5.41.